The van der Waals surface area contributed by atoms with Gasteiger partial charge in [-0.25, -0.2) is 0 Å². The Kier molecular flexibility index (Phi) is 46.8. The summed E-state index contributed by atoms with van der Waals surface area (Å²) in [6, 6.07) is -0.958. The smallest absolute Gasteiger partial charge is 0.220 e. The second-order valence-electron chi connectivity index (χ2n) is 22.5. The first-order valence-electron chi connectivity index (χ1n) is 32.2. The fraction of sp³-hybridized carbons (Fsp3) is 0.803. The highest BCUT2D eigenvalue weighted by Gasteiger charge is 2.51. The molecule has 80 heavy (non-hydrogen) atoms. The van der Waals surface area contributed by atoms with Gasteiger partial charge in [-0.15, -0.1) is 0 Å². The summed E-state index contributed by atoms with van der Waals surface area (Å²) in [6.45, 7) is 2.64. The fourth-order valence-corrected chi connectivity index (χ4v) is 10.2. The third kappa shape index (κ3) is 35.5. The molecule has 0 aliphatic carbocycles. The highest BCUT2D eigenvalue weighted by Crippen LogP contribution is 2.30. The third-order valence-corrected chi connectivity index (χ3v) is 15.4. The maximum Gasteiger partial charge on any atom is 0.220 e. The van der Waals surface area contributed by atoms with Gasteiger partial charge in [-0.1, -0.05) is 241 Å². The summed E-state index contributed by atoms with van der Waals surface area (Å²) in [5, 5.41) is 87.1. The number of carbonyl (C=O) groups excluding carboxylic acids is 1. The second kappa shape index (κ2) is 50.9. The number of hydrogen-bond donors (Lipinski definition) is 9. The van der Waals surface area contributed by atoms with Gasteiger partial charge in [-0.2, -0.15) is 0 Å². The molecule has 0 radical (unpaired) electrons. The summed E-state index contributed by atoms with van der Waals surface area (Å²) in [4.78, 5) is 13.2. The molecule has 2 aliphatic rings. The molecule has 0 saturated carbocycles. The zero-order valence-corrected chi connectivity index (χ0v) is 50.1. The number of hydrogen-bond acceptors (Lipinski definition) is 13. The average molecular weight is 1130 g/mol. The van der Waals surface area contributed by atoms with E-state index in [0.717, 1.165) is 51.4 Å². The molecule has 464 valence electrons. The third-order valence-electron chi connectivity index (χ3n) is 15.4. The zero-order valence-electron chi connectivity index (χ0n) is 50.1. The lowest BCUT2D eigenvalue weighted by Crippen LogP contribution is -2.65. The molecule has 2 aliphatic heterocycles. The maximum atomic E-state index is 13.2. The minimum Gasteiger partial charge on any atom is -0.394 e. The molecule has 9 N–H and O–H groups in total. The molecule has 2 fully saturated rings. The molecule has 0 aromatic carbocycles. The number of nitrogens with one attached hydrogen (secondary N) is 1. The first-order valence-corrected chi connectivity index (χ1v) is 32.2. The molecule has 12 unspecified atom stereocenters. The molecule has 2 heterocycles. The highest BCUT2D eigenvalue weighted by molar-refractivity contribution is 5.76. The van der Waals surface area contributed by atoms with Crippen LogP contribution in [0.4, 0.5) is 0 Å². The number of amides is 1. The first kappa shape index (κ1) is 73.5. The Balaban J connectivity index is 1.71. The van der Waals surface area contributed by atoms with E-state index in [1.54, 1.807) is 6.08 Å². The minimum atomic E-state index is -1.80. The topological polar surface area (TPSA) is 228 Å². The van der Waals surface area contributed by atoms with Crippen LogP contribution in [0.5, 0.6) is 0 Å². The van der Waals surface area contributed by atoms with Gasteiger partial charge < -0.3 is 65.1 Å². The summed E-state index contributed by atoms with van der Waals surface area (Å²) < 4.78 is 22.7. The van der Waals surface area contributed by atoms with E-state index >= 15 is 0 Å². The predicted molar refractivity (Wildman–Crippen MR) is 323 cm³/mol. The number of unbranched alkanes of at least 4 members (excludes halogenated alkanes) is 28. The molecule has 2 rings (SSSR count). The predicted octanol–water partition coefficient (Wildman–Crippen LogP) is 11.9. The molecule has 0 spiro atoms. The van der Waals surface area contributed by atoms with Crippen LogP contribution in [0.15, 0.2) is 72.9 Å². The van der Waals surface area contributed by atoms with Crippen molar-refractivity contribution in [3.63, 3.8) is 0 Å². The Bertz CT molecular complexity index is 1620. The Morgan fingerprint density at radius 3 is 1.38 bits per heavy atom. The van der Waals surface area contributed by atoms with E-state index < -0.39 is 86.8 Å². The van der Waals surface area contributed by atoms with E-state index in [-0.39, 0.29) is 18.9 Å². The lowest BCUT2D eigenvalue weighted by molar-refractivity contribution is -0.359. The summed E-state index contributed by atoms with van der Waals surface area (Å²) in [5.41, 5.74) is 0. The van der Waals surface area contributed by atoms with Crippen molar-refractivity contribution in [2.45, 2.75) is 319 Å². The minimum absolute atomic E-state index is 0.218. The molecular formula is C66H117NO13. The Morgan fingerprint density at radius 2 is 0.875 bits per heavy atom. The van der Waals surface area contributed by atoms with Crippen molar-refractivity contribution >= 4 is 5.91 Å². The van der Waals surface area contributed by atoms with Gasteiger partial charge in [0.25, 0.3) is 0 Å². The molecule has 14 heteroatoms. The van der Waals surface area contributed by atoms with Gasteiger partial charge in [-0.3, -0.25) is 4.79 Å². The van der Waals surface area contributed by atoms with E-state index in [9.17, 15) is 45.6 Å². The lowest BCUT2D eigenvalue weighted by Gasteiger charge is -2.46. The number of aliphatic hydroxyl groups is 8. The second-order valence-corrected chi connectivity index (χ2v) is 22.5. The number of rotatable bonds is 51. The van der Waals surface area contributed by atoms with E-state index in [1.165, 1.54) is 161 Å². The number of carbonyl (C=O) groups is 1. The van der Waals surface area contributed by atoms with Crippen molar-refractivity contribution in [1.82, 2.24) is 5.32 Å². The number of ether oxygens (including phenoxy) is 4. The molecule has 0 bridgehead atoms. The highest BCUT2D eigenvalue weighted by atomic mass is 16.7. The molecule has 0 aromatic rings. The fourth-order valence-electron chi connectivity index (χ4n) is 10.2. The van der Waals surface area contributed by atoms with Gasteiger partial charge in [0.05, 0.1) is 32.0 Å². The van der Waals surface area contributed by atoms with Crippen LogP contribution in [0.3, 0.4) is 0 Å². The van der Waals surface area contributed by atoms with Gasteiger partial charge in [0.1, 0.15) is 48.8 Å². The largest absolute Gasteiger partial charge is 0.394 e. The van der Waals surface area contributed by atoms with Crippen LogP contribution in [-0.4, -0.2) is 140 Å². The average Bonchev–Trinajstić information content (AvgIpc) is 3.46. The standard InChI is InChI=1S/C66H117NO13/c1-3-5-7-9-11-13-15-17-19-20-21-22-23-24-25-26-27-28-29-30-31-32-33-34-36-37-39-41-43-45-47-49-55(70)54(67-58(71)50-48-46-44-42-40-38-35-18-16-14-12-10-8-6-4-2)53-77-65-63(76)61(74)64(57(52-69)79-65)80-66-62(75)60(73)59(72)56(51-68)78-66/h6,8,12,14,18,35,39-42,47,49,54-57,59-66,68-70,72-76H,3-5,7,9-11,13,15-17,19-34,36-38,43-46,48,50-53H2,1-2H3,(H,67,71)/b8-6-,14-12-,35-18-,41-39+,42-40-,49-47+. The zero-order chi connectivity index (χ0) is 58.1. The summed E-state index contributed by atoms with van der Waals surface area (Å²) >= 11 is 0. The van der Waals surface area contributed by atoms with E-state index in [1.807, 2.05) is 6.08 Å². The molecule has 0 aromatic heterocycles. The van der Waals surface area contributed by atoms with Crippen LogP contribution in [0, 0.1) is 0 Å². The van der Waals surface area contributed by atoms with Crippen molar-refractivity contribution in [3.05, 3.63) is 72.9 Å². The maximum absolute atomic E-state index is 13.2. The number of allylic oxidation sites excluding steroid dienone is 11. The van der Waals surface area contributed by atoms with Crippen LogP contribution in [0.2, 0.25) is 0 Å². The Morgan fingerprint density at radius 1 is 0.463 bits per heavy atom. The molecule has 1 amide bonds. The normalized spacial score (nSPS) is 24.7. The van der Waals surface area contributed by atoms with Gasteiger partial charge >= 0.3 is 0 Å². The van der Waals surface area contributed by atoms with Gasteiger partial charge in [0.15, 0.2) is 12.6 Å². The molecule has 2 saturated heterocycles. The molecular weight excluding hydrogens is 1010 g/mol. The summed E-state index contributed by atoms with van der Waals surface area (Å²) in [7, 11) is 0. The van der Waals surface area contributed by atoms with Crippen molar-refractivity contribution in [2.75, 3.05) is 19.8 Å². The van der Waals surface area contributed by atoms with Crippen molar-refractivity contribution in [3.8, 4) is 0 Å². The van der Waals surface area contributed by atoms with Crippen molar-refractivity contribution in [1.29, 1.82) is 0 Å². The summed E-state index contributed by atoms with van der Waals surface area (Å²) in [6.07, 6.45) is 51.2. The lowest BCUT2D eigenvalue weighted by atomic mass is 9.97. The Labute approximate surface area is 485 Å². The first-order chi connectivity index (χ1) is 39.1. The van der Waals surface area contributed by atoms with E-state index in [4.69, 9.17) is 18.9 Å². The quantitative estimate of drug-likeness (QED) is 0.0204. The van der Waals surface area contributed by atoms with Crippen LogP contribution in [0.25, 0.3) is 0 Å². The van der Waals surface area contributed by atoms with E-state index in [0.29, 0.717) is 12.8 Å². The molecule has 12 atom stereocenters. The van der Waals surface area contributed by atoms with E-state index in [2.05, 4.69) is 79.9 Å². The monoisotopic (exact) mass is 1130 g/mol. The van der Waals surface area contributed by atoms with Gasteiger partial charge in [-0.05, 0) is 70.6 Å². The Hall–Kier alpha value is -2.57. The van der Waals surface area contributed by atoms with Crippen LogP contribution >= 0.6 is 0 Å². The SMILES string of the molecule is CC/C=C\C/C=C\C/C=C\C/C=C\CCCCC(=O)NC(COC1OC(CO)C(OC2OC(CO)C(O)C(O)C2O)C(O)C1O)C(O)/C=C/CC/C=C/CCCCCCCCCCCCCCCCCCCCCCCCCCC. The number of aliphatic hydroxyl groups excluding tert-OH is 8. The van der Waals surface area contributed by atoms with Crippen LogP contribution in [-0.2, 0) is 23.7 Å². The van der Waals surface area contributed by atoms with Crippen molar-refractivity contribution in [2.24, 2.45) is 0 Å². The molecule has 14 nitrogen and oxygen atoms in total. The van der Waals surface area contributed by atoms with Crippen molar-refractivity contribution < 1.29 is 64.6 Å². The van der Waals surface area contributed by atoms with Gasteiger partial charge in [0.2, 0.25) is 5.91 Å². The van der Waals surface area contributed by atoms with Gasteiger partial charge in [0, 0.05) is 6.42 Å². The summed E-state index contributed by atoms with van der Waals surface area (Å²) in [5.74, 6) is -0.290. The van der Waals surface area contributed by atoms with Crippen LogP contribution in [0.1, 0.15) is 245 Å². The van der Waals surface area contributed by atoms with Crippen LogP contribution < -0.4 is 5.32 Å².